The summed E-state index contributed by atoms with van der Waals surface area (Å²) in [4.78, 5) is 19.6. The van der Waals surface area contributed by atoms with Crippen LogP contribution in [0.2, 0.25) is 5.15 Å². The van der Waals surface area contributed by atoms with Gasteiger partial charge in [0.1, 0.15) is 16.7 Å². The van der Waals surface area contributed by atoms with Gasteiger partial charge in [-0.15, -0.1) is 0 Å². The Morgan fingerprint density at radius 3 is 2.62 bits per heavy atom. The number of methoxy groups -OCH3 is 1. The van der Waals surface area contributed by atoms with E-state index in [1.807, 2.05) is 18.2 Å². The second-order valence-corrected chi connectivity index (χ2v) is 5.79. The summed E-state index contributed by atoms with van der Waals surface area (Å²) in [5.74, 6) is 1.25. The number of hydrogen-bond donors (Lipinski definition) is 1. The normalized spacial score (nSPS) is 10.3. The highest BCUT2D eigenvalue weighted by atomic mass is 35.5. The first-order valence-corrected chi connectivity index (χ1v) is 8.14. The summed E-state index contributed by atoms with van der Waals surface area (Å²) in [6.45, 7) is 1.43. The number of benzene rings is 1. The van der Waals surface area contributed by atoms with Crippen LogP contribution >= 0.6 is 11.6 Å². The molecule has 3 rings (SSSR count). The number of carbonyl (C=O) groups is 1. The lowest BCUT2D eigenvalue weighted by atomic mass is 10.1. The summed E-state index contributed by atoms with van der Waals surface area (Å²) in [5, 5.41) is 3.10. The first-order valence-electron chi connectivity index (χ1n) is 7.76. The van der Waals surface area contributed by atoms with Gasteiger partial charge in [-0.3, -0.25) is 4.79 Å². The molecule has 2 aromatic heterocycles. The van der Waals surface area contributed by atoms with Crippen molar-refractivity contribution in [3.63, 3.8) is 0 Å². The van der Waals surface area contributed by atoms with Gasteiger partial charge in [0.25, 0.3) is 0 Å². The molecule has 7 heteroatoms. The van der Waals surface area contributed by atoms with Gasteiger partial charge in [0.15, 0.2) is 0 Å². The van der Waals surface area contributed by atoms with Crippen molar-refractivity contribution in [2.45, 2.75) is 6.92 Å². The SMILES string of the molecule is COc1cc(NC(C)=O)cc(Oc2ncccc2-c2ccnc(Cl)c2)c1. The smallest absolute Gasteiger partial charge is 0.227 e. The first kappa shape index (κ1) is 17.7. The monoisotopic (exact) mass is 369 g/mol. The predicted octanol–water partition coefficient (Wildman–Crippen LogP) is 4.56. The van der Waals surface area contributed by atoms with E-state index in [4.69, 9.17) is 21.1 Å². The molecule has 0 aliphatic rings. The molecule has 1 aromatic carbocycles. The van der Waals surface area contributed by atoms with E-state index in [2.05, 4.69) is 15.3 Å². The Balaban J connectivity index is 1.98. The molecule has 6 nitrogen and oxygen atoms in total. The number of amides is 1. The van der Waals surface area contributed by atoms with Crippen molar-refractivity contribution in [1.82, 2.24) is 9.97 Å². The minimum Gasteiger partial charge on any atom is -0.497 e. The lowest BCUT2D eigenvalue weighted by Crippen LogP contribution is -2.06. The third-order valence-corrected chi connectivity index (χ3v) is 3.67. The van der Waals surface area contributed by atoms with E-state index in [-0.39, 0.29) is 5.91 Å². The van der Waals surface area contributed by atoms with Crippen LogP contribution in [0.15, 0.2) is 54.9 Å². The molecule has 0 bridgehead atoms. The van der Waals surface area contributed by atoms with E-state index in [0.717, 1.165) is 11.1 Å². The second-order valence-electron chi connectivity index (χ2n) is 5.40. The summed E-state index contributed by atoms with van der Waals surface area (Å²) >= 11 is 5.99. The summed E-state index contributed by atoms with van der Waals surface area (Å²) in [5.41, 5.74) is 2.16. The number of pyridine rings is 2. The zero-order chi connectivity index (χ0) is 18.5. The molecule has 0 fully saturated rings. The quantitative estimate of drug-likeness (QED) is 0.667. The number of anilines is 1. The van der Waals surface area contributed by atoms with E-state index >= 15 is 0 Å². The van der Waals surface area contributed by atoms with Gasteiger partial charge in [-0.05, 0) is 29.8 Å². The van der Waals surface area contributed by atoms with Crippen molar-refractivity contribution < 1.29 is 14.3 Å². The highest BCUT2D eigenvalue weighted by molar-refractivity contribution is 6.29. The summed E-state index contributed by atoms with van der Waals surface area (Å²) in [7, 11) is 1.54. The van der Waals surface area contributed by atoms with Crippen LogP contribution in [-0.2, 0) is 4.79 Å². The summed E-state index contributed by atoms with van der Waals surface area (Å²) in [6.07, 6.45) is 3.26. The number of aromatic nitrogens is 2. The average molecular weight is 370 g/mol. The molecule has 0 saturated heterocycles. The lowest BCUT2D eigenvalue weighted by molar-refractivity contribution is -0.114. The number of nitrogens with one attached hydrogen (secondary N) is 1. The molecule has 132 valence electrons. The molecule has 26 heavy (non-hydrogen) atoms. The van der Waals surface area contributed by atoms with Gasteiger partial charge >= 0.3 is 0 Å². The first-order chi connectivity index (χ1) is 12.5. The lowest BCUT2D eigenvalue weighted by Gasteiger charge is -2.13. The van der Waals surface area contributed by atoms with Crippen LogP contribution < -0.4 is 14.8 Å². The van der Waals surface area contributed by atoms with Gasteiger partial charge in [-0.2, -0.15) is 0 Å². The molecule has 0 radical (unpaired) electrons. The molecule has 0 aliphatic heterocycles. The number of rotatable bonds is 5. The predicted molar refractivity (Wildman–Crippen MR) is 99.8 cm³/mol. The fourth-order valence-electron chi connectivity index (χ4n) is 2.40. The van der Waals surface area contributed by atoms with Crippen molar-refractivity contribution in [3.8, 4) is 28.5 Å². The van der Waals surface area contributed by atoms with Gasteiger partial charge in [0, 0.05) is 48.8 Å². The second kappa shape index (κ2) is 7.84. The molecule has 1 amide bonds. The van der Waals surface area contributed by atoms with Crippen molar-refractivity contribution in [3.05, 3.63) is 60.0 Å². The highest BCUT2D eigenvalue weighted by Gasteiger charge is 2.11. The molecule has 1 N–H and O–H groups in total. The van der Waals surface area contributed by atoms with Gasteiger partial charge in [0.05, 0.1) is 7.11 Å². The van der Waals surface area contributed by atoms with Crippen LogP contribution in [0.25, 0.3) is 11.1 Å². The zero-order valence-corrected chi connectivity index (χ0v) is 14.9. The third kappa shape index (κ3) is 4.29. The van der Waals surface area contributed by atoms with Crippen LogP contribution in [0.3, 0.4) is 0 Å². The van der Waals surface area contributed by atoms with E-state index in [0.29, 0.717) is 28.2 Å². The maximum Gasteiger partial charge on any atom is 0.227 e. The van der Waals surface area contributed by atoms with E-state index in [1.165, 1.54) is 6.92 Å². The largest absolute Gasteiger partial charge is 0.497 e. The molecule has 0 atom stereocenters. The number of hydrogen-bond acceptors (Lipinski definition) is 5. The minimum absolute atomic E-state index is 0.186. The van der Waals surface area contributed by atoms with Gasteiger partial charge in [-0.25, -0.2) is 9.97 Å². The highest BCUT2D eigenvalue weighted by Crippen LogP contribution is 2.34. The standard InChI is InChI=1S/C19H16ClN3O3/c1-12(24)23-14-9-15(25-2)11-16(10-14)26-19-17(4-3-6-22-19)13-5-7-21-18(20)8-13/h3-11H,1-2H3,(H,23,24). The Bertz CT molecular complexity index is 947. The Labute approximate surface area is 155 Å². The number of carbonyl (C=O) groups excluding carboxylic acids is 1. The molecule has 0 saturated carbocycles. The molecule has 0 spiro atoms. The molecule has 0 aliphatic carbocycles. The third-order valence-electron chi connectivity index (χ3n) is 3.46. The van der Waals surface area contributed by atoms with Gasteiger partial charge in [0.2, 0.25) is 11.8 Å². The van der Waals surface area contributed by atoms with Gasteiger partial charge < -0.3 is 14.8 Å². The number of ether oxygens (including phenoxy) is 2. The fourth-order valence-corrected chi connectivity index (χ4v) is 2.57. The van der Waals surface area contributed by atoms with E-state index in [1.54, 1.807) is 43.8 Å². The van der Waals surface area contributed by atoms with Crippen LogP contribution in [-0.4, -0.2) is 23.0 Å². The Hall–Kier alpha value is -3.12. The Morgan fingerprint density at radius 1 is 1.08 bits per heavy atom. The van der Waals surface area contributed by atoms with Crippen LogP contribution in [0.4, 0.5) is 5.69 Å². The minimum atomic E-state index is -0.186. The summed E-state index contributed by atoms with van der Waals surface area (Å²) in [6, 6.07) is 12.4. The molecular weight excluding hydrogens is 354 g/mol. The van der Waals surface area contributed by atoms with Crippen molar-refractivity contribution >= 4 is 23.2 Å². The number of nitrogens with zero attached hydrogens (tertiary/aromatic N) is 2. The summed E-state index contributed by atoms with van der Waals surface area (Å²) < 4.78 is 11.2. The van der Waals surface area contributed by atoms with Crippen LogP contribution in [0.5, 0.6) is 17.4 Å². The molecule has 2 heterocycles. The molecule has 3 aromatic rings. The average Bonchev–Trinajstić information content (AvgIpc) is 2.61. The maximum absolute atomic E-state index is 11.3. The zero-order valence-electron chi connectivity index (χ0n) is 14.2. The van der Waals surface area contributed by atoms with E-state index < -0.39 is 0 Å². The fraction of sp³-hybridized carbons (Fsp3) is 0.105. The number of halogens is 1. The molecular formula is C19H16ClN3O3. The van der Waals surface area contributed by atoms with Gasteiger partial charge in [-0.1, -0.05) is 11.6 Å². The van der Waals surface area contributed by atoms with Crippen molar-refractivity contribution in [2.75, 3.05) is 12.4 Å². The van der Waals surface area contributed by atoms with Crippen molar-refractivity contribution in [2.24, 2.45) is 0 Å². The van der Waals surface area contributed by atoms with Crippen LogP contribution in [0.1, 0.15) is 6.92 Å². The van der Waals surface area contributed by atoms with Crippen molar-refractivity contribution in [1.29, 1.82) is 0 Å². The molecule has 0 unspecified atom stereocenters. The Kier molecular flexibility index (Phi) is 5.34. The Morgan fingerprint density at radius 2 is 1.88 bits per heavy atom. The van der Waals surface area contributed by atoms with Crippen LogP contribution in [0, 0.1) is 0 Å². The topological polar surface area (TPSA) is 73.3 Å². The maximum atomic E-state index is 11.3. The van der Waals surface area contributed by atoms with E-state index in [9.17, 15) is 4.79 Å².